The van der Waals surface area contributed by atoms with Gasteiger partial charge in [0, 0.05) is 23.5 Å². The van der Waals surface area contributed by atoms with E-state index in [-0.39, 0.29) is 11.3 Å². The van der Waals surface area contributed by atoms with Crippen molar-refractivity contribution in [1.29, 1.82) is 0 Å². The number of methoxy groups -OCH3 is 1. The van der Waals surface area contributed by atoms with Crippen molar-refractivity contribution < 1.29 is 9.13 Å². The molecule has 0 aliphatic rings. The van der Waals surface area contributed by atoms with Gasteiger partial charge in [-0.2, -0.15) is 0 Å². The highest BCUT2D eigenvalue weighted by atomic mass is 19.1. The third kappa shape index (κ3) is 4.20. The molecule has 0 unspecified atom stereocenters. The maximum atomic E-state index is 15.6. The van der Waals surface area contributed by atoms with Crippen molar-refractivity contribution in [2.45, 2.75) is 26.2 Å². The molecule has 6 nitrogen and oxygen atoms in total. The number of nitrogen functional groups attached to an aromatic ring is 1. The summed E-state index contributed by atoms with van der Waals surface area (Å²) in [7, 11) is 1.48. The second-order valence-electron chi connectivity index (χ2n) is 7.93. The molecule has 1 heterocycles. The highest BCUT2D eigenvalue weighted by molar-refractivity contribution is 5.76. The van der Waals surface area contributed by atoms with Crippen LogP contribution in [0.1, 0.15) is 37.5 Å². The molecule has 0 saturated carbocycles. The molecule has 0 saturated heterocycles. The lowest BCUT2D eigenvalue weighted by Crippen LogP contribution is -2.28. The smallest absolute Gasteiger partial charge is 0.333 e. The fraction of sp³-hybridized carbons (Fsp3) is 0.217. The molecule has 0 fully saturated rings. The molecule has 0 aliphatic carbocycles. The Hall–Kier alpha value is -3.61. The zero-order valence-corrected chi connectivity index (χ0v) is 17.3. The zero-order valence-electron chi connectivity index (χ0n) is 17.3. The Kier molecular flexibility index (Phi) is 5.64. The fourth-order valence-corrected chi connectivity index (χ4v) is 3.14. The predicted molar refractivity (Wildman–Crippen MR) is 118 cm³/mol. The molecule has 7 heteroatoms. The summed E-state index contributed by atoms with van der Waals surface area (Å²) in [6.45, 7) is 5.90. The van der Waals surface area contributed by atoms with Gasteiger partial charge in [-0.25, -0.2) is 9.18 Å². The van der Waals surface area contributed by atoms with Crippen molar-refractivity contribution >= 4 is 17.8 Å². The minimum Gasteiger partial charge on any atom is -0.496 e. The highest BCUT2D eigenvalue weighted by Gasteiger charge is 2.26. The average molecular weight is 409 g/mol. The van der Waals surface area contributed by atoms with Crippen molar-refractivity contribution in [3.63, 3.8) is 0 Å². The second-order valence-corrected chi connectivity index (χ2v) is 7.93. The number of aromatic amines is 1. The van der Waals surface area contributed by atoms with Crippen LogP contribution < -0.4 is 21.7 Å². The Labute approximate surface area is 173 Å². The van der Waals surface area contributed by atoms with E-state index in [0.29, 0.717) is 11.4 Å². The van der Waals surface area contributed by atoms with Gasteiger partial charge in [0.05, 0.1) is 18.4 Å². The summed E-state index contributed by atoms with van der Waals surface area (Å²) >= 11 is 0. The zero-order chi connectivity index (χ0) is 22.1. The summed E-state index contributed by atoms with van der Waals surface area (Å²) in [5, 5.41) is 0. The first-order valence-corrected chi connectivity index (χ1v) is 9.39. The quantitative estimate of drug-likeness (QED) is 0.508. The fourth-order valence-electron chi connectivity index (χ4n) is 3.14. The van der Waals surface area contributed by atoms with Gasteiger partial charge in [0.2, 0.25) is 0 Å². The number of hydrogen-bond donors (Lipinski definition) is 2. The van der Waals surface area contributed by atoms with E-state index in [1.54, 1.807) is 30.4 Å². The van der Waals surface area contributed by atoms with Crippen molar-refractivity contribution in [3.8, 4) is 11.4 Å². The van der Waals surface area contributed by atoms with Gasteiger partial charge in [-0.15, -0.1) is 0 Å². The number of nitrogens with one attached hydrogen (secondary N) is 1. The lowest BCUT2D eigenvalue weighted by Gasteiger charge is -2.25. The predicted octanol–water partition coefficient (Wildman–Crippen LogP) is 3.72. The van der Waals surface area contributed by atoms with E-state index >= 15 is 4.39 Å². The maximum absolute atomic E-state index is 15.6. The number of H-pyrrole nitrogens is 1. The van der Waals surface area contributed by atoms with E-state index in [1.165, 1.54) is 19.4 Å². The number of nitrogens with zero attached hydrogens (tertiary/aromatic N) is 1. The van der Waals surface area contributed by atoms with Crippen LogP contribution in [-0.4, -0.2) is 16.7 Å². The molecular weight excluding hydrogens is 385 g/mol. The van der Waals surface area contributed by atoms with E-state index in [1.807, 2.05) is 32.9 Å². The molecule has 0 amide bonds. The minimum absolute atomic E-state index is 0.0268. The van der Waals surface area contributed by atoms with Crippen molar-refractivity contribution in [2.75, 3.05) is 12.8 Å². The molecule has 30 heavy (non-hydrogen) atoms. The molecular formula is C23H24FN3O3. The summed E-state index contributed by atoms with van der Waals surface area (Å²) in [6, 6.07) is 9.89. The Morgan fingerprint density at radius 3 is 2.33 bits per heavy atom. The molecule has 0 atom stereocenters. The van der Waals surface area contributed by atoms with Crippen LogP contribution in [0.4, 0.5) is 10.1 Å². The standard InChI is InChI=1S/C23H24FN3O3/c1-23(2,3)17-13-18(27-12-11-19(28)26-22(27)29)20(24)16(21(17)30-4)10-7-14-5-8-15(25)9-6-14/h5-13H,25H2,1-4H3,(H,26,28,29)/b10-7+. The van der Waals surface area contributed by atoms with Crippen LogP contribution >= 0.6 is 0 Å². The van der Waals surface area contributed by atoms with Gasteiger partial charge in [-0.3, -0.25) is 14.3 Å². The van der Waals surface area contributed by atoms with E-state index < -0.39 is 22.5 Å². The molecule has 0 spiro atoms. The molecule has 3 rings (SSSR count). The number of rotatable bonds is 4. The van der Waals surface area contributed by atoms with E-state index in [9.17, 15) is 9.59 Å². The summed E-state index contributed by atoms with van der Waals surface area (Å²) in [5.41, 5.74) is 6.45. The number of halogens is 1. The van der Waals surface area contributed by atoms with Crippen LogP contribution in [-0.2, 0) is 5.41 Å². The molecule has 156 valence electrons. The molecule has 2 aromatic carbocycles. The number of aromatic nitrogens is 2. The number of hydrogen-bond acceptors (Lipinski definition) is 4. The molecule has 0 aliphatic heterocycles. The highest BCUT2D eigenvalue weighted by Crippen LogP contribution is 2.39. The lowest BCUT2D eigenvalue weighted by atomic mass is 9.84. The monoisotopic (exact) mass is 409 g/mol. The van der Waals surface area contributed by atoms with E-state index in [0.717, 1.165) is 15.7 Å². The van der Waals surface area contributed by atoms with Gasteiger partial charge in [0.1, 0.15) is 5.75 Å². The van der Waals surface area contributed by atoms with Crippen LogP contribution in [0.5, 0.6) is 5.75 Å². The Bertz CT molecular complexity index is 1220. The van der Waals surface area contributed by atoms with E-state index in [2.05, 4.69) is 4.98 Å². The first kappa shape index (κ1) is 21.1. The first-order valence-electron chi connectivity index (χ1n) is 9.39. The number of anilines is 1. The summed E-state index contributed by atoms with van der Waals surface area (Å²) in [5.74, 6) is -0.256. The van der Waals surface area contributed by atoms with Crippen LogP contribution in [0.3, 0.4) is 0 Å². The Morgan fingerprint density at radius 1 is 1.10 bits per heavy atom. The van der Waals surface area contributed by atoms with Crippen molar-refractivity contribution in [1.82, 2.24) is 9.55 Å². The molecule has 0 radical (unpaired) electrons. The van der Waals surface area contributed by atoms with Crippen LogP contribution in [0.25, 0.3) is 17.8 Å². The maximum Gasteiger partial charge on any atom is 0.333 e. The Balaban J connectivity index is 2.29. The topological polar surface area (TPSA) is 90.1 Å². The van der Waals surface area contributed by atoms with E-state index in [4.69, 9.17) is 10.5 Å². The molecule has 3 N–H and O–H groups in total. The van der Waals surface area contributed by atoms with Gasteiger partial charge < -0.3 is 10.5 Å². The first-order chi connectivity index (χ1) is 14.1. The van der Waals surface area contributed by atoms with Gasteiger partial charge in [0.15, 0.2) is 5.82 Å². The summed E-state index contributed by atoms with van der Waals surface area (Å²) in [6.07, 6.45) is 4.60. The van der Waals surface area contributed by atoms with Crippen LogP contribution in [0, 0.1) is 5.82 Å². The van der Waals surface area contributed by atoms with Gasteiger partial charge in [-0.1, -0.05) is 39.0 Å². The number of nitrogens with two attached hydrogens (primary N) is 1. The lowest BCUT2D eigenvalue weighted by molar-refractivity contribution is 0.392. The second kappa shape index (κ2) is 8.02. The van der Waals surface area contributed by atoms with Gasteiger partial charge in [0.25, 0.3) is 5.56 Å². The van der Waals surface area contributed by atoms with Crippen LogP contribution in [0.15, 0.2) is 52.2 Å². The van der Waals surface area contributed by atoms with Crippen molar-refractivity contribution in [3.05, 3.63) is 85.9 Å². The van der Waals surface area contributed by atoms with Gasteiger partial charge in [-0.05, 0) is 35.3 Å². The third-order valence-electron chi connectivity index (χ3n) is 4.71. The van der Waals surface area contributed by atoms with Crippen LogP contribution in [0.2, 0.25) is 0 Å². The summed E-state index contributed by atoms with van der Waals surface area (Å²) in [4.78, 5) is 25.9. The average Bonchev–Trinajstić information content (AvgIpc) is 2.67. The number of ether oxygens (including phenoxy) is 1. The van der Waals surface area contributed by atoms with Gasteiger partial charge >= 0.3 is 5.69 Å². The largest absolute Gasteiger partial charge is 0.496 e. The Morgan fingerprint density at radius 2 is 1.77 bits per heavy atom. The number of benzene rings is 2. The normalized spacial score (nSPS) is 11.8. The summed E-state index contributed by atoms with van der Waals surface area (Å²) < 4.78 is 22.3. The molecule has 0 bridgehead atoms. The van der Waals surface area contributed by atoms with Crippen molar-refractivity contribution in [2.24, 2.45) is 0 Å². The molecule has 3 aromatic rings. The minimum atomic E-state index is -0.722. The molecule has 1 aromatic heterocycles. The SMILES string of the molecule is COc1c(C(C)(C)C)cc(-n2ccc(=O)[nH]c2=O)c(F)c1/C=C/c1ccc(N)cc1. The third-order valence-corrected chi connectivity index (χ3v) is 4.71.